The maximum absolute atomic E-state index is 10.2. The average molecular weight is 147 g/mol. The van der Waals surface area contributed by atoms with Gasteiger partial charge in [-0.25, -0.2) is 0 Å². The van der Waals surface area contributed by atoms with E-state index in [1.54, 1.807) is 6.92 Å². The molecule has 0 aliphatic heterocycles. The van der Waals surface area contributed by atoms with Gasteiger partial charge in [-0.15, -0.1) is 0 Å². The van der Waals surface area contributed by atoms with Crippen LogP contribution in [0.15, 0.2) is 0 Å². The SMILES string of the molecule is CCC(C)(O)C(C)[N+](=O)[O-]. The Morgan fingerprint density at radius 2 is 2.20 bits per heavy atom. The van der Waals surface area contributed by atoms with Crippen molar-refractivity contribution >= 4 is 0 Å². The molecule has 60 valence electrons. The summed E-state index contributed by atoms with van der Waals surface area (Å²) in [5.41, 5.74) is -1.18. The van der Waals surface area contributed by atoms with Gasteiger partial charge in [-0.1, -0.05) is 6.92 Å². The Hall–Kier alpha value is -0.640. The second-order valence-electron chi connectivity index (χ2n) is 2.67. The number of hydrogen-bond acceptors (Lipinski definition) is 3. The van der Waals surface area contributed by atoms with E-state index in [2.05, 4.69) is 0 Å². The Balaban J connectivity index is 4.17. The molecule has 0 aliphatic rings. The fraction of sp³-hybridized carbons (Fsp3) is 1.00. The average Bonchev–Trinajstić information content (AvgIpc) is 1.86. The lowest BCUT2D eigenvalue weighted by Gasteiger charge is -2.21. The largest absolute Gasteiger partial charge is 0.383 e. The van der Waals surface area contributed by atoms with Crippen LogP contribution < -0.4 is 0 Å². The summed E-state index contributed by atoms with van der Waals surface area (Å²) < 4.78 is 0. The molecule has 2 atom stereocenters. The molecule has 2 unspecified atom stereocenters. The normalized spacial score (nSPS) is 19.6. The lowest BCUT2D eigenvalue weighted by Crippen LogP contribution is -2.41. The molecule has 0 amide bonds. The Kier molecular flexibility index (Phi) is 2.77. The molecule has 0 aromatic carbocycles. The summed E-state index contributed by atoms with van der Waals surface area (Å²) >= 11 is 0. The molecule has 4 heteroatoms. The lowest BCUT2D eigenvalue weighted by atomic mass is 9.96. The van der Waals surface area contributed by atoms with E-state index < -0.39 is 16.6 Å². The first kappa shape index (κ1) is 9.36. The molecule has 0 radical (unpaired) electrons. The summed E-state index contributed by atoms with van der Waals surface area (Å²) in [7, 11) is 0. The predicted octanol–water partition coefficient (Wildman–Crippen LogP) is 0.813. The van der Waals surface area contributed by atoms with Gasteiger partial charge in [0.25, 0.3) is 0 Å². The maximum atomic E-state index is 10.2. The maximum Gasteiger partial charge on any atom is 0.238 e. The Labute approximate surface area is 60.0 Å². The van der Waals surface area contributed by atoms with Gasteiger partial charge in [-0.05, 0) is 13.3 Å². The van der Waals surface area contributed by atoms with Crippen LogP contribution in [0.4, 0.5) is 0 Å². The molecule has 10 heavy (non-hydrogen) atoms. The van der Waals surface area contributed by atoms with Gasteiger partial charge in [-0.2, -0.15) is 0 Å². The Morgan fingerprint density at radius 1 is 1.80 bits per heavy atom. The fourth-order valence-corrected chi connectivity index (χ4v) is 0.522. The van der Waals surface area contributed by atoms with Crippen molar-refractivity contribution in [3.05, 3.63) is 10.1 Å². The van der Waals surface area contributed by atoms with Crippen LogP contribution in [-0.4, -0.2) is 21.7 Å². The second kappa shape index (κ2) is 2.96. The van der Waals surface area contributed by atoms with Gasteiger partial charge < -0.3 is 5.11 Å². The molecule has 0 aromatic rings. The monoisotopic (exact) mass is 147 g/mol. The summed E-state index contributed by atoms with van der Waals surface area (Å²) in [6.45, 7) is 4.60. The summed E-state index contributed by atoms with van der Waals surface area (Å²) in [5.74, 6) is 0. The van der Waals surface area contributed by atoms with Gasteiger partial charge in [0.1, 0.15) is 5.60 Å². The molecule has 0 fully saturated rings. The van der Waals surface area contributed by atoms with Crippen LogP contribution in [0, 0.1) is 10.1 Å². The van der Waals surface area contributed by atoms with Crippen molar-refractivity contribution in [3.8, 4) is 0 Å². The highest BCUT2D eigenvalue weighted by Gasteiger charge is 2.34. The Bertz CT molecular complexity index is 133. The molecule has 0 rings (SSSR count). The topological polar surface area (TPSA) is 63.4 Å². The van der Waals surface area contributed by atoms with E-state index in [9.17, 15) is 15.2 Å². The van der Waals surface area contributed by atoms with Gasteiger partial charge in [0.15, 0.2) is 0 Å². The summed E-state index contributed by atoms with van der Waals surface area (Å²) in [6.07, 6.45) is 0.398. The predicted molar refractivity (Wildman–Crippen MR) is 37.4 cm³/mol. The molecule has 0 heterocycles. The van der Waals surface area contributed by atoms with Crippen molar-refractivity contribution in [3.63, 3.8) is 0 Å². The summed E-state index contributed by atoms with van der Waals surface area (Å²) in [4.78, 5) is 9.68. The lowest BCUT2D eigenvalue weighted by molar-refractivity contribution is -0.540. The van der Waals surface area contributed by atoms with Crippen molar-refractivity contribution in [1.82, 2.24) is 0 Å². The standard InChI is InChI=1S/C6H13NO3/c1-4-6(3,8)5(2)7(9)10/h5,8H,4H2,1-3H3. The molecule has 0 bridgehead atoms. The van der Waals surface area contributed by atoms with Crippen LogP contribution in [0.3, 0.4) is 0 Å². The molecule has 0 aromatic heterocycles. The van der Waals surface area contributed by atoms with Crippen LogP contribution in [0.25, 0.3) is 0 Å². The minimum Gasteiger partial charge on any atom is -0.383 e. The quantitative estimate of drug-likeness (QED) is 0.474. The minimum absolute atomic E-state index is 0.398. The van der Waals surface area contributed by atoms with E-state index in [4.69, 9.17) is 0 Å². The minimum atomic E-state index is -1.18. The van der Waals surface area contributed by atoms with Gasteiger partial charge in [0, 0.05) is 11.8 Å². The zero-order chi connectivity index (χ0) is 8.36. The van der Waals surface area contributed by atoms with Crippen LogP contribution in [0.1, 0.15) is 27.2 Å². The van der Waals surface area contributed by atoms with E-state index in [1.165, 1.54) is 13.8 Å². The zero-order valence-corrected chi connectivity index (χ0v) is 6.50. The summed E-state index contributed by atoms with van der Waals surface area (Å²) in [5, 5.41) is 19.5. The van der Waals surface area contributed by atoms with E-state index in [-0.39, 0.29) is 0 Å². The van der Waals surface area contributed by atoms with Gasteiger partial charge in [-0.3, -0.25) is 10.1 Å². The third-order valence-electron chi connectivity index (χ3n) is 1.93. The molecule has 1 N–H and O–H groups in total. The highest BCUT2D eigenvalue weighted by atomic mass is 16.6. The number of rotatable bonds is 3. The van der Waals surface area contributed by atoms with E-state index in [0.717, 1.165) is 0 Å². The fourth-order valence-electron chi connectivity index (χ4n) is 0.522. The van der Waals surface area contributed by atoms with Crippen molar-refractivity contribution < 1.29 is 10.0 Å². The Morgan fingerprint density at radius 3 is 2.30 bits per heavy atom. The molecular weight excluding hydrogens is 134 g/mol. The van der Waals surface area contributed by atoms with Gasteiger partial charge in [0.05, 0.1) is 0 Å². The smallest absolute Gasteiger partial charge is 0.238 e. The first-order chi connectivity index (χ1) is 4.41. The van der Waals surface area contributed by atoms with Crippen molar-refractivity contribution in [2.45, 2.75) is 38.8 Å². The third-order valence-corrected chi connectivity index (χ3v) is 1.93. The molecule has 0 spiro atoms. The van der Waals surface area contributed by atoms with Gasteiger partial charge in [0.2, 0.25) is 6.04 Å². The number of aliphatic hydroxyl groups is 1. The van der Waals surface area contributed by atoms with E-state index in [0.29, 0.717) is 6.42 Å². The van der Waals surface area contributed by atoms with Crippen LogP contribution >= 0.6 is 0 Å². The zero-order valence-electron chi connectivity index (χ0n) is 6.50. The summed E-state index contributed by atoms with van der Waals surface area (Å²) in [6, 6.07) is -0.891. The first-order valence-corrected chi connectivity index (χ1v) is 3.27. The van der Waals surface area contributed by atoms with E-state index in [1.807, 2.05) is 0 Å². The first-order valence-electron chi connectivity index (χ1n) is 3.27. The third kappa shape index (κ3) is 1.95. The van der Waals surface area contributed by atoms with Crippen LogP contribution in [0.5, 0.6) is 0 Å². The molecule has 0 saturated heterocycles. The van der Waals surface area contributed by atoms with Crippen molar-refractivity contribution in [2.24, 2.45) is 0 Å². The molecular formula is C6H13NO3. The van der Waals surface area contributed by atoms with Crippen LogP contribution in [-0.2, 0) is 0 Å². The van der Waals surface area contributed by atoms with Crippen molar-refractivity contribution in [1.29, 1.82) is 0 Å². The van der Waals surface area contributed by atoms with E-state index >= 15 is 0 Å². The number of nitrogens with zero attached hydrogens (tertiary/aromatic N) is 1. The highest BCUT2D eigenvalue weighted by Crippen LogP contribution is 2.15. The number of hydrogen-bond donors (Lipinski definition) is 1. The number of nitro groups is 1. The second-order valence-corrected chi connectivity index (χ2v) is 2.67. The van der Waals surface area contributed by atoms with Crippen LogP contribution in [0.2, 0.25) is 0 Å². The molecule has 4 nitrogen and oxygen atoms in total. The molecule has 0 saturated carbocycles. The van der Waals surface area contributed by atoms with Gasteiger partial charge >= 0.3 is 0 Å². The van der Waals surface area contributed by atoms with Crippen molar-refractivity contribution in [2.75, 3.05) is 0 Å². The highest BCUT2D eigenvalue weighted by molar-refractivity contribution is 4.76. The molecule has 0 aliphatic carbocycles.